The molecule has 1 atom stereocenters. The van der Waals surface area contributed by atoms with Crippen molar-refractivity contribution in [2.75, 3.05) is 27.7 Å². The van der Waals surface area contributed by atoms with E-state index in [9.17, 15) is 0 Å². The molecule has 0 spiro atoms. The van der Waals surface area contributed by atoms with Gasteiger partial charge in [-0.25, -0.2) is 0 Å². The van der Waals surface area contributed by atoms with E-state index in [1.807, 2.05) is 4.68 Å². The van der Waals surface area contributed by atoms with Crippen molar-refractivity contribution in [1.29, 1.82) is 0 Å². The van der Waals surface area contributed by atoms with Gasteiger partial charge in [0.15, 0.2) is 5.75 Å². The number of methoxy groups -OCH3 is 1. The zero-order valence-electron chi connectivity index (χ0n) is 11.6. The molecule has 1 heterocycles. The van der Waals surface area contributed by atoms with E-state index in [0.29, 0.717) is 5.92 Å². The Hall–Kier alpha value is -1.07. The van der Waals surface area contributed by atoms with Crippen LogP contribution in [0.2, 0.25) is 0 Å². The lowest BCUT2D eigenvalue weighted by Crippen LogP contribution is -2.30. The van der Waals surface area contributed by atoms with Gasteiger partial charge in [0.2, 0.25) is 0 Å². The molecule has 5 heteroatoms. The predicted octanol–water partition coefficient (Wildman–Crippen LogP) is 1.25. The van der Waals surface area contributed by atoms with Gasteiger partial charge < -0.3 is 15.4 Å². The quantitative estimate of drug-likeness (QED) is 0.828. The molecule has 1 saturated carbocycles. The molecule has 0 amide bonds. The van der Waals surface area contributed by atoms with E-state index in [-0.39, 0.29) is 6.04 Å². The highest BCUT2D eigenvalue weighted by atomic mass is 16.5. The highest BCUT2D eigenvalue weighted by Crippen LogP contribution is 2.39. The summed E-state index contributed by atoms with van der Waals surface area (Å²) < 4.78 is 7.40. The molecule has 1 aliphatic rings. The zero-order chi connectivity index (χ0) is 13.1. The average molecular weight is 252 g/mol. The number of nitrogens with two attached hydrogens (primary N) is 1. The fraction of sp³-hybridized carbons (Fsp3) is 0.769. The van der Waals surface area contributed by atoms with E-state index < -0.39 is 0 Å². The molecule has 1 unspecified atom stereocenters. The van der Waals surface area contributed by atoms with E-state index in [0.717, 1.165) is 24.5 Å². The first kappa shape index (κ1) is 13.4. The average Bonchev–Trinajstić information content (AvgIpc) is 2.66. The van der Waals surface area contributed by atoms with Crippen LogP contribution in [0.4, 0.5) is 0 Å². The summed E-state index contributed by atoms with van der Waals surface area (Å²) in [7, 11) is 5.81. The zero-order valence-corrected chi connectivity index (χ0v) is 11.6. The highest BCUT2D eigenvalue weighted by Gasteiger charge is 2.30. The lowest BCUT2D eigenvalue weighted by Gasteiger charge is -2.32. The van der Waals surface area contributed by atoms with Crippen molar-refractivity contribution in [2.45, 2.75) is 31.8 Å². The summed E-state index contributed by atoms with van der Waals surface area (Å²) in [4.78, 5) is 2.15. The van der Waals surface area contributed by atoms with Crippen LogP contribution in [0.1, 0.15) is 31.0 Å². The molecule has 0 bridgehead atoms. The van der Waals surface area contributed by atoms with Gasteiger partial charge in [0.05, 0.1) is 31.6 Å². The molecule has 2 rings (SSSR count). The molecule has 0 saturated heterocycles. The van der Waals surface area contributed by atoms with Gasteiger partial charge in [-0.05, 0) is 32.9 Å². The van der Waals surface area contributed by atoms with E-state index in [1.54, 1.807) is 13.3 Å². The minimum atomic E-state index is 0.0540. The summed E-state index contributed by atoms with van der Waals surface area (Å²) in [5, 5.41) is 4.41. The van der Waals surface area contributed by atoms with Crippen molar-refractivity contribution in [3.8, 4) is 5.75 Å². The largest absolute Gasteiger partial charge is 0.493 e. The molecule has 1 aromatic heterocycles. The van der Waals surface area contributed by atoms with Crippen LogP contribution < -0.4 is 10.5 Å². The van der Waals surface area contributed by atoms with Gasteiger partial charge in [-0.15, -0.1) is 0 Å². The number of likely N-dealkylation sites (N-methyl/N-ethyl adjacent to an activating group) is 1. The van der Waals surface area contributed by atoms with Crippen molar-refractivity contribution >= 4 is 0 Å². The Bertz CT molecular complexity index is 384. The minimum absolute atomic E-state index is 0.0540. The second-order valence-corrected chi connectivity index (χ2v) is 5.34. The Morgan fingerprint density at radius 2 is 2.28 bits per heavy atom. The topological polar surface area (TPSA) is 56.3 Å². The number of aromatic nitrogens is 2. The number of hydrogen-bond acceptors (Lipinski definition) is 4. The molecule has 1 aromatic rings. The normalized spacial score (nSPS) is 17.8. The fourth-order valence-corrected chi connectivity index (χ4v) is 2.37. The monoisotopic (exact) mass is 252 g/mol. The number of ether oxygens (including phenoxy) is 1. The second kappa shape index (κ2) is 5.71. The summed E-state index contributed by atoms with van der Waals surface area (Å²) in [6, 6.07) is 0.0540. The van der Waals surface area contributed by atoms with Crippen LogP contribution >= 0.6 is 0 Å². The molecule has 0 radical (unpaired) electrons. The first-order chi connectivity index (χ1) is 8.63. The van der Waals surface area contributed by atoms with Crippen molar-refractivity contribution in [3.05, 3.63) is 11.9 Å². The summed E-state index contributed by atoms with van der Waals surface area (Å²) in [5.41, 5.74) is 7.43. The van der Waals surface area contributed by atoms with Gasteiger partial charge in [-0.3, -0.25) is 4.68 Å². The third-order valence-electron chi connectivity index (χ3n) is 3.80. The van der Waals surface area contributed by atoms with Crippen molar-refractivity contribution in [2.24, 2.45) is 11.7 Å². The first-order valence-corrected chi connectivity index (χ1v) is 6.63. The molecule has 1 aliphatic carbocycles. The first-order valence-electron chi connectivity index (χ1n) is 6.63. The van der Waals surface area contributed by atoms with Crippen molar-refractivity contribution in [3.63, 3.8) is 0 Å². The Labute approximate surface area is 109 Å². The van der Waals surface area contributed by atoms with Crippen LogP contribution in [-0.2, 0) is 6.54 Å². The van der Waals surface area contributed by atoms with Gasteiger partial charge >= 0.3 is 0 Å². The Balaban J connectivity index is 2.15. The van der Waals surface area contributed by atoms with Crippen LogP contribution in [-0.4, -0.2) is 42.4 Å². The van der Waals surface area contributed by atoms with E-state index in [4.69, 9.17) is 10.5 Å². The summed E-state index contributed by atoms with van der Waals surface area (Å²) in [5.74, 6) is 1.42. The third kappa shape index (κ3) is 2.67. The number of rotatable bonds is 6. The molecular formula is C13H24N4O. The summed E-state index contributed by atoms with van der Waals surface area (Å²) in [6.07, 6.45) is 5.53. The van der Waals surface area contributed by atoms with Crippen LogP contribution in [0.5, 0.6) is 5.75 Å². The maximum absolute atomic E-state index is 6.37. The van der Waals surface area contributed by atoms with Crippen molar-refractivity contribution < 1.29 is 4.74 Å². The maximum atomic E-state index is 6.37. The van der Waals surface area contributed by atoms with Gasteiger partial charge in [-0.1, -0.05) is 6.42 Å². The lowest BCUT2D eigenvalue weighted by molar-refractivity contribution is 0.248. The maximum Gasteiger partial charge on any atom is 0.161 e. The summed E-state index contributed by atoms with van der Waals surface area (Å²) in [6.45, 7) is 1.81. The number of nitrogens with zero attached hydrogens (tertiary/aromatic N) is 3. The van der Waals surface area contributed by atoms with Crippen LogP contribution in [0.15, 0.2) is 6.20 Å². The second-order valence-electron chi connectivity index (χ2n) is 5.34. The van der Waals surface area contributed by atoms with Crippen LogP contribution in [0.25, 0.3) is 0 Å². The third-order valence-corrected chi connectivity index (χ3v) is 3.80. The Kier molecular flexibility index (Phi) is 4.24. The van der Waals surface area contributed by atoms with E-state index >= 15 is 0 Å². The smallest absolute Gasteiger partial charge is 0.161 e. The van der Waals surface area contributed by atoms with Gasteiger partial charge in [-0.2, -0.15) is 5.10 Å². The Morgan fingerprint density at radius 1 is 1.56 bits per heavy atom. The Morgan fingerprint density at radius 3 is 2.78 bits per heavy atom. The number of hydrogen-bond donors (Lipinski definition) is 1. The molecule has 2 N–H and O–H groups in total. The standard InChI is InChI=1S/C13H24N4O/c1-16(2)7-8-17-13(11(18-3)9-15-17)12(14)10-5-4-6-10/h9-10,12H,4-8,14H2,1-3H3. The molecule has 0 aromatic carbocycles. The summed E-state index contributed by atoms with van der Waals surface area (Å²) >= 11 is 0. The molecule has 5 nitrogen and oxygen atoms in total. The predicted molar refractivity (Wildman–Crippen MR) is 71.6 cm³/mol. The van der Waals surface area contributed by atoms with Crippen LogP contribution in [0, 0.1) is 5.92 Å². The molecule has 1 fully saturated rings. The lowest BCUT2D eigenvalue weighted by atomic mass is 9.79. The van der Waals surface area contributed by atoms with Gasteiger partial charge in [0, 0.05) is 6.54 Å². The SMILES string of the molecule is COc1cnn(CCN(C)C)c1C(N)C1CCC1. The van der Waals surface area contributed by atoms with Crippen molar-refractivity contribution in [1.82, 2.24) is 14.7 Å². The molecular weight excluding hydrogens is 228 g/mol. The van der Waals surface area contributed by atoms with Gasteiger partial charge in [0.25, 0.3) is 0 Å². The fourth-order valence-electron chi connectivity index (χ4n) is 2.37. The molecule has 0 aliphatic heterocycles. The van der Waals surface area contributed by atoms with E-state index in [1.165, 1.54) is 19.3 Å². The molecule has 18 heavy (non-hydrogen) atoms. The van der Waals surface area contributed by atoms with Gasteiger partial charge in [0.1, 0.15) is 0 Å². The highest BCUT2D eigenvalue weighted by molar-refractivity contribution is 5.29. The minimum Gasteiger partial charge on any atom is -0.493 e. The molecule has 102 valence electrons. The van der Waals surface area contributed by atoms with E-state index in [2.05, 4.69) is 24.1 Å². The van der Waals surface area contributed by atoms with Crippen LogP contribution in [0.3, 0.4) is 0 Å².